The number of allylic oxidation sites excluding steroid dienone is 4. The second-order valence-corrected chi connectivity index (χ2v) is 11.1. The van der Waals surface area contributed by atoms with Crippen molar-refractivity contribution in [2.45, 2.75) is 32.6 Å². The Morgan fingerprint density at radius 2 is 0.907 bits per heavy atom. The van der Waals surface area contributed by atoms with Crippen LogP contribution < -0.4 is 14.2 Å². The molecule has 0 amide bonds. The molecule has 12 heteroatoms. The molecule has 0 radical (unpaired) electrons. The minimum Gasteiger partial charge on any atom is -0.494 e. The third-order valence-corrected chi connectivity index (χ3v) is 7.07. The maximum atomic E-state index is 12.8. The van der Waals surface area contributed by atoms with Crippen molar-refractivity contribution in [3.05, 3.63) is 151 Å². The highest BCUT2D eigenvalue weighted by molar-refractivity contribution is 5.92. The molecular formula is C42H42O12. The highest BCUT2D eigenvalue weighted by Crippen LogP contribution is 2.19. The van der Waals surface area contributed by atoms with Crippen LogP contribution in [-0.4, -0.2) is 56.3 Å². The van der Waals surface area contributed by atoms with Crippen molar-refractivity contribution >= 4 is 29.8 Å². The summed E-state index contributed by atoms with van der Waals surface area (Å²) in [6.07, 6.45) is 9.07. The van der Waals surface area contributed by atoms with E-state index in [9.17, 15) is 24.0 Å². The van der Waals surface area contributed by atoms with Gasteiger partial charge in [0.1, 0.15) is 28.8 Å². The van der Waals surface area contributed by atoms with Crippen LogP contribution in [0.2, 0.25) is 0 Å². The van der Waals surface area contributed by atoms with E-state index in [4.69, 9.17) is 33.2 Å². The Morgan fingerprint density at radius 1 is 0.500 bits per heavy atom. The summed E-state index contributed by atoms with van der Waals surface area (Å²) in [7, 11) is 0. The summed E-state index contributed by atoms with van der Waals surface area (Å²) >= 11 is 0. The Hall–Kier alpha value is -6.69. The molecule has 0 fully saturated rings. The Morgan fingerprint density at radius 3 is 1.35 bits per heavy atom. The lowest BCUT2D eigenvalue weighted by molar-refractivity contribution is -0.138. The van der Waals surface area contributed by atoms with E-state index in [1.165, 1.54) is 42.5 Å². The van der Waals surface area contributed by atoms with E-state index in [0.29, 0.717) is 61.5 Å². The molecule has 0 heterocycles. The van der Waals surface area contributed by atoms with E-state index in [1.807, 2.05) is 0 Å². The number of carbonyl (C=O) groups is 5. The summed E-state index contributed by atoms with van der Waals surface area (Å²) in [4.78, 5) is 60.1. The zero-order valence-corrected chi connectivity index (χ0v) is 30.0. The largest absolute Gasteiger partial charge is 0.494 e. The van der Waals surface area contributed by atoms with E-state index in [1.54, 1.807) is 55.5 Å². The molecule has 0 aliphatic rings. The third kappa shape index (κ3) is 15.3. The minimum absolute atomic E-state index is 0.104. The van der Waals surface area contributed by atoms with Crippen LogP contribution >= 0.6 is 0 Å². The fraction of sp³-hybridized carbons (Fsp3) is 0.214. The van der Waals surface area contributed by atoms with E-state index in [2.05, 4.69) is 19.7 Å². The average Bonchev–Trinajstić information content (AvgIpc) is 3.19. The van der Waals surface area contributed by atoms with Gasteiger partial charge in [-0.1, -0.05) is 19.7 Å². The van der Waals surface area contributed by atoms with Gasteiger partial charge < -0.3 is 33.2 Å². The Kier molecular flexibility index (Phi) is 17.8. The van der Waals surface area contributed by atoms with Crippen LogP contribution in [0.25, 0.3) is 0 Å². The van der Waals surface area contributed by atoms with Gasteiger partial charge >= 0.3 is 29.8 Å². The summed E-state index contributed by atoms with van der Waals surface area (Å²) in [5, 5.41) is 0. The molecule has 0 N–H and O–H groups in total. The molecule has 3 rings (SSSR count). The van der Waals surface area contributed by atoms with Crippen LogP contribution in [0.15, 0.2) is 134 Å². The summed E-state index contributed by atoms with van der Waals surface area (Å²) < 4.78 is 37.3. The maximum absolute atomic E-state index is 12.8. The molecule has 3 aromatic rings. The van der Waals surface area contributed by atoms with E-state index in [0.717, 1.165) is 12.2 Å². The molecule has 3 aromatic carbocycles. The zero-order valence-electron chi connectivity index (χ0n) is 30.0. The highest BCUT2D eigenvalue weighted by Gasteiger charge is 2.13. The van der Waals surface area contributed by atoms with Gasteiger partial charge in [0.05, 0.1) is 43.1 Å². The van der Waals surface area contributed by atoms with Gasteiger partial charge in [0.25, 0.3) is 0 Å². The molecule has 0 saturated carbocycles. The molecule has 0 saturated heterocycles. The van der Waals surface area contributed by atoms with Crippen LogP contribution in [0.4, 0.5) is 0 Å². The number of unbranched alkanes of at least 4 members (excludes halogenated alkanes) is 2. The minimum atomic E-state index is -0.686. The fourth-order valence-electron chi connectivity index (χ4n) is 4.20. The lowest BCUT2D eigenvalue weighted by Gasteiger charge is -2.09. The van der Waals surface area contributed by atoms with Crippen LogP contribution in [0.1, 0.15) is 63.7 Å². The van der Waals surface area contributed by atoms with Crippen molar-refractivity contribution in [1.29, 1.82) is 0 Å². The molecule has 12 nitrogen and oxygen atoms in total. The molecule has 0 aromatic heterocycles. The number of hydrogen-bond acceptors (Lipinski definition) is 12. The first kappa shape index (κ1) is 41.7. The summed E-state index contributed by atoms with van der Waals surface area (Å²) in [5.41, 5.74) is 0.795. The van der Waals surface area contributed by atoms with Crippen molar-refractivity contribution in [1.82, 2.24) is 0 Å². The van der Waals surface area contributed by atoms with Gasteiger partial charge in [-0.25, -0.2) is 24.0 Å². The first-order valence-electron chi connectivity index (χ1n) is 16.9. The number of esters is 5. The second-order valence-electron chi connectivity index (χ2n) is 11.1. The lowest BCUT2D eigenvalue weighted by atomic mass is 10.2. The van der Waals surface area contributed by atoms with Gasteiger partial charge in [0, 0.05) is 12.2 Å². The number of rotatable bonds is 22. The molecule has 0 aliphatic heterocycles. The summed E-state index contributed by atoms with van der Waals surface area (Å²) in [5.74, 6) is -1.10. The summed E-state index contributed by atoms with van der Waals surface area (Å²) in [6, 6.07) is 18.7. The smallest absolute Gasteiger partial charge is 0.343 e. The van der Waals surface area contributed by atoms with E-state index < -0.39 is 29.8 Å². The predicted molar refractivity (Wildman–Crippen MR) is 199 cm³/mol. The van der Waals surface area contributed by atoms with Crippen molar-refractivity contribution in [3.8, 4) is 17.2 Å². The lowest BCUT2D eigenvalue weighted by Crippen LogP contribution is -2.09. The highest BCUT2D eigenvalue weighted by atomic mass is 16.6. The molecule has 0 unspecified atom stereocenters. The molecule has 0 aliphatic carbocycles. The normalized spacial score (nSPS) is 11.0. The Labute approximate surface area is 313 Å². The topological polar surface area (TPSA) is 150 Å². The number of benzene rings is 3. The molecule has 0 atom stereocenters. The SMILES string of the molecule is C=CC(=O)OCCCCOc1ccc(C(=O)O/C(C)=C/C=C(\C=C)OC(=O)c2ccc(OC(=O)c3ccc(OCCCCOC(=O)C=C)cc3)cc2)cc1. The molecule has 0 spiro atoms. The first-order valence-corrected chi connectivity index (χ1v) is 16.9. The van der Waals surface area contributed by atoms with Gasteiger partial charge in [-0.2, -0.15) is 0 Å². The molecule has 54 heavy (non-hydrogen) atoms. The number of carbonyl (C=O) groups excluding carboxylic acids is 5. The number of ether oxygens (including phenoxy) is 7. The van der Waals surface area contributed by atoms with Crippen LogP contribution in [-0.2, 0) is 28.5 Å². The fourth-order valence-corrected chi connectivity index (χ4v) is 4.20. The van der Waals surface area contributed by atoms with E-state index >= 15 is 0 Å². The van der Waals surface area contributed by atoms with Crippen LogP contribution in [0, 0.1) is 0 Å². The molecule has 282 valence electrons. The molecular weight excluding hydrogens is 696 g/mol. The van der Waals surface area contributed by atoms with Gasteiger partial charge in [-0.3, -0.25) is 0 Å². The predicted octanol–water partition coefficient (Wildman–Crippen LogP) is 7.67. The van der Waals surface area contributed by atoms with Crippen molar-refractivity contribution in [2.75, 3.05) is 26.4 Å². The van der Waals surface area contributed by atoms with Crippen molar-refractivity contribution in [2.24, 2.45) is 0 Å². The maximum Gasteiger partial charge on any atom is 0.343 e. The van der Waals surface area contributed by atoms with Gasteiger partial charge in [0.2, 0.25) is 0 Å². The van der Waals surface area contributed by atoms with Crippen LogP contribution in [0.3, 0.4) is 0 Å². The third-order valence-electron chi connectivity index (χ3n) is 7.07. The quantitative estimate of drug-likeness (QED) is 0.0189. The van der Waals surface area contributed by atoms with Crippen molar-refractivity contribution in [3.63, 3.8) is 0 Å². The summed E-state index contributed by atoms with van der Waals surface area (Å²) in [6.45, 7) is 13.3. The zero-order chi connectivity index (χ0) is 39.1. The van der Waals surface area contributed by atoms with Gasteiger partial charge in [0.15, 0.2) is 0 Å². The second kappa shape index (κ2) is 23.0. The monoisotopic (exact) mass is 738 g/mol. The number of hydrogen-bond donors (Lipinski definition) is 0. The molecule has 0 bridgehead atoms. The van der Waals surface area contributed by atoms with Crippen LogP contribution in [0.5, 0.6) is 17.2 Å². The van der Waals surface area contributed by atoms with Crippen molar-refractivity contribution < 1.29 is 57.1 Å². The first-order chi connectivity index (χ1) is 26.1. The Balaban J connectivity index is 1.42. The van der Waals surface area contributed by atoms with E-state index in [-0.39, 0.29) is 36.0 Å². The average molecular weight is 739 g/mol. The van der Waals surface area contributed by atoms with Gasteiger partial charge in [-0.15, -0.1) is 0 Å². The standard InChI is InChI=1S/C42H42O12/c1-5-34(19-12-30(4)52-40(45)31-13-20-35(21-14-31)48-26-8-10-28-50-38(43)6-2)53-41(46)33-17-24-37(25-18-33)54-42(47)32-15-22-36(23-16-32)49-27-9-11-29-51-39(44)7-3/h5-7,12-25H,1-3,8-11,26-29H2,4H3/b30-12+,34-19+. The van der Waals surface area contributed by atoms with Gasteiger partial charge in [-0.05, 0) is 124 Å². The Bertz CT molecular complexity index is 1820.